The van der Waals surface area contributed by atoms with Crippen molar-refractivity contribution in [2.45, 2.75) is 11.8 Å². The number of aryl methyl sites for hydroxylation is 1. The molecule has 136 valence electrons. The van der Waals surface area contributed by atoms with Crippen molar-refractivity contribution >= 4 is 58.7 Å². The van der Waals surface area contributed by atoms with Gasteiger partial charge in [-0.2, -0.15) is 0 Å². The van der Waals surface area contributed by atoms with Gasteiger partial charge in [-0.3, -0.25) is 4.79 Å². The number of nitrogens with one attached hydrogen (secondary N) is 1. The Balaban J connectivity index is 1.85. The lowest BCUT2D eigenvalue weighted by atomic mass is 10.2. The van der Waals surface area contributed by atoms with Crippen molar-refractivity contribution in [3.8, 4) is 0 Å². The van der Waals surface area contributed by atoms with Crippen LogP contribution in [0.15, 0.2) is 41.3 Å². The number of aromatic nitrogens is 1. The summed E-state index contributed by atoms with van der Waals surface area (Å²) in [7, 11) is 0. The molecule has 1 N–H and O–H groups in total. The van der Waals surface area contributed by atoms with Crippen molar-refractivity contribution < 1.29 is 14.3 Å². The number of thioether (sulfide) groups is 1. The van der Waals surface area contributed by atoms with Gasteiger partial charge in [0.25, 0.3) is 5.91 Å². The summed E-state index contributed by atoms with van der Waals surface area (Å²) >= 11 is 13.5. The topological polar surface area (TPSA) is 68.3 Å². The van der Waals surface area contributed by atoms with Crippen LogP contribution >= 0.6 is 35.0 Å². The molecule has 0 aliphatic heterocycles. The fourth-order valence-electron chi connectivity index (χ4n) is 1.88. The first kappa shape index (κ1) is 20.3. The molecule has 0 unspecified atom stereocenters. The number of halogens is 2. The molecular weight excluding hydrogens is 395 g/mol. The van der Waals surface area contributed by atoms with Crippen LogP contribution in [0.25, 0.3) is 6.08 Å². The van der Waals surface area contributed by atoms with E-state index in [0.29, 0.717) is 10.7 Å². The number of benzene rings is 1. The zero-order valence-electron chi connectivity index (χ0n) is 14.1. The van der Waals surface area contributed by atoms with E-state index in [4.69, 9.17) is 27.9 Å². The molecule has 1 heterocycles. The lowest BCUT2D eigenvalue weighted by Crippen LogP contribution is -2.21. The molecular formula is C18H16Cl2N2O3S. The van der Waals surface area contributed by atoms with Crippen LogP contribution in [0.5, 0.6) is 0 Å². The number of pyridine rings is 1. The van der Waals surface area contributed by atoms with Crippen LogP contribution < -0.4 is 5.32 Å². The Labute approximate surface area is 165 Å². The van der Waals surface area contributed by atoms with Crippen LogP contribution in [0.4, 0.5) is 5.82 Å². The highest BCUT2D eigenvalue weighted by atomic mass is 35.5. The van der Waals surface area contributed by atoms with Crippen molar-refractivity contribution in [2.24, 2.45) is 0 Å². The van der Waals surface area contributed by atoms with Crippen LogP contribution in [-0.2, 0) is 14.3 Å². The average molecular weight is 411 g/mol. The van der Waals surface area contributed by atoms with E-state index in [2.05, 4.69) is 10.3 Å². The Bertz CT molecular complexity index is 839. The van der Waals surface area contributed by atoms with Crippen LogP contribution in [0, 0.1) is 6.92 Å². The van der Waals surface area contributed by atoms with Gasteiger partial charge in [0.1, 0.15) is 0 Å². The fourth-order valence-corrected chi connectivity index (χ4v) is 2.69. The molecule has 0 atom stereocenters. The first-order chi connectivity index (χ1) is 12.4. The van der Waals surface area contributed by atoms with Gasteiger partial charge < -0.3 is 10.1 Å². The predicted octanol–water partition coefficient (Wildman–Crippen LogP) is 4.61. The zero-order valence-corrected chi connectivity index (χ0v) is 16.4. The predicted molar refractivity (Wildman–Crippen MR) is 106 cm³/mol. The van der Waals surface area contributed by atoms with Gasteiger partial charge in [-0.15, -0.1) is 11.8 Å². The van der Waals surface area contributed by atoms with Gasteiger partial charge in [0.2, 0.25) is 0 Å². The quantitative estimate of drug-likeness (QED) is 0.427. The number of nitrogens with zero attached hydrogens (tertiary/aromatic N) is 1. The molecule has 0 spiro atoms. The number of anilines is 1. The van der Waals surface area contributed by atoms with Gasteiger partial charge in [-0.05, 0) is 43.0 Å². The van der Waals surface area contributed by atoms with Gasteiger partial charge in [-0.1, -0.05) is 35.3 Å². The summed E-state index contributed by atoms with van der Waals surface area (Å²) in [5.74, 6) is -1.01. The molecule has 26 heavy (non-hydrogen) atoms. The Morgan fingerprint density at radius 2 is 1.92 bits per heavy atom. The fraction of sp³-hybridized carbons (Fsp3) is 0.167. The van der Waals surface area contributed by atoms with Gasteiger partial charge >= 0.3 is 5.97 Å². The smallest absolute Gasteiger partial charge is 0.331 e. The van der Waals surface area contributed by atoms with Crippen LogP contribution in [0.1, 0.15) is 11.3 Å². The summed E-state index contributed by atoms with van der Waals surface area (Å²) in [4.78, 5) is 28.8. The molecule has 1 amide bonds. The second-order valence-electron chi connectivity index (χ2n) is 5.15. The number of ether oxygens (including phenoxy) is 1. The summed E-state index contributed by atoms with van der Waals surface area (Å²) in [6.45, 7) is 1.24. The molecule has 0 bridgehead atoms. The maximum absolute atomic E-state index is 11.9. The van der Waals surface area contributed by atoms with Crippen molar-refractivity contribution in [3.63, 3.8) is 0 Å². The number of amides is 1. The van der Waals surface area contributed by atoms with E-state index in [9.17, 15) is 9.59 Å². The number of hydrogen-bond acceptors (Lipinski definition) is 5. The second kappa shape index (κ2) is 9.62. The highest BCUT2D eigenvalue weighted by Gasteiger charge is 2.11. The van der Waals surface area contributed by atoms with Gasteiger partial charge in [0.15, 0.2) is 12.4 Å². The average Bonchev–Trinajstić information content (AvgIpc) is 2.63. The van der Waals surface area contributed by atoms with Gasteiger partial charge in [0.05, 0.1) is 15.7 Å². The molecule has 0 saturated carbocycles. The minimum absolute atomic E-state index is 0.166. The van der Waals surface area contributed by atoms with E-state index >= 15 is 0 Å². The molecule has 0 saturated heterocycles. The summed E-state index contributed by atoms with van der Waals surface area (Å²) in [6, 6.07) is 9.16. The zero-order chi connectivity index (χ0) is 19.1. The molecule has 5 nitrogen and oxygen atoms in total. The molecule has 1 aromatic carbocycles. The highest BCUT2D eigenvalue weighted by Crippen LogP contribution is 2.25. The third-order valence-electron chi connectivity index (χ3n) is 3.24. The summed E-state index contributed by atoms with van der Waals surface area (Å²) in [6.07, 6.45) is 4.87. The summed E-state index contributed by atoms with van der Waals surface area (Å²) < 4.78 is 4.90. The number of hydrogen-bond donors (Lipinski definition) is 1. The van der Waals surface area contributed by atoms with Gasteiger partial charge in [0, 0.05) is 11.0 Å². The van der Waals surface area contributed by atoms with Crippen molar-refractivity contribution in [2.75, 3.05) is 18.2 Å². The molecule has 0 aliphatic rings. The molecule has 0 radical (unpaired) electrons. The molecule has 1 aromatic heterocycles. The second-order valence-corrected chi connectivity index (χ2v) is 6.84. The lowest BCUT2D eigenvalue weighted by Gasteiger charge is -2.08. The van der Waals surface area contributed by atoms with E-state index < -0.39 is 18.5 Å². The molecule has 0 aliphatic carbocycles. The lowest BCUT2D eigenvalue weighted by molar-refractivity contribution is -0.142. The Morgan fingerprint density at radius 3 is 2.58 bits per heavy atom. The minimum Gasteiger partial charge on any atom is -0.452 e. The maximum atomic E-state index is 11.9. The van der Waals surface area contributed by atoms with E-state index in [0.717, 1.165) is 10.5 Å². The molecule has 2 aromatic rings. The summed E-state index contributed by atoms with van der Waals surface area (Å²) in [5, 5.41) is 3.08. The Hall–Kier alpha value is -2.02. The normalized spacial score (nSPS) is 10.8. The van der Waals surface area contributed by atoms with Crippen molar-refractivity contribution in [1.82, 2.24) is 4.98 Å². The van der Waals surface area contributed by atoms with E-state index in [-0.39, 0.29) is 10.8 Å². The largest absolute Gasteiger partial charge is 0.452 e. The monoisotopic (exact) mass is 410 g/mol. The van der Waals surface area contributed by atoms with Gasteiger partial charge in [-0.25, -0.2) is 9.78 Å². The number of esters is 1. The standard InChI is InChI=1S/C18H16Cl2N2O3S/c1-11-14(19)9-15(20)18(21-11)22-16(23)10-25-17(24)8-5-12-3-6-13(26-2)7-4-12/h3-9H,10H2,1-2H3,(H,21,22,23)/b8-5+. The number of carbonyl (C=O) groups excluding carboxylic acids is 2. The number of rotatable bonds is 6. The van der Waals surface area contributed by atoms with Crippen molar-refractivity contribution in [3.05, 3.63) is 57.7 Å². The Kier molecular flexibility index (Phi) is 7.50. The third-order valence-corrected chi connectivity index (χ3v) is 4.65. The first-order valence-corrected chi connectivity index (χ1v) is 9.48. The highest BCUT2D eigenvalue weighted by molar-refractivity contribution is 7.98. The molecule has 8 heteroatoms. The first-order valence-electron chi connectivity index (χ1n) is 7.50. The van der Waals surface area contributed by atoms with Crippen molar-refractivity contribution in [1.29, 1.82) is 0 Å². The third kappa shape index (κ3) is 6.05. The molecule has 2 rings (SSSR count). The minimum atomic E-state index is -0.625. The van der Waals surface area contributed by atoms with Crippen LogP contribution in [0.2, 0.25) is 10.0 Å². The Morgan fingerprint density at radius 1 is 1.23 bits per heavy atom. The van der Waals surface area contributed by atoms with Crippen LogP contribution in [0.3, 0.4) is 0 Å². The van der Waals surface area contributed by atoms with E-state index in [1.807, 2.05) is 30.5 Å². The number of carbonyl (C=O) groups is 2. The van der Waals surface area contributed by atoms with E-state index in [1.165, 1.54) is 12.1 Å². The van der Waals surface area contributed by atoms with E-state index in [1.54, 1.807) is 24.8 Å². The maximum Gasteiger partial charge on any atom is 0.331 e. The summed E-state index contributed by atoms with van der Waals surface area (Å²) in [5.41, 5.74) is 1.38. The molecule has 0 fully saturated rings. The van der Waals surface area contributed by atoms with Crippen LogP contribution in [-0.4, -0.2) is 29.7 Å². The SMILES string of the molecule is CSc1ccc(/C=C/C(=O)OCC(=O)Nc2nc(C)c(Cl)cc2Cl)cc1.